The highest BCUT2D eigenvalue weighted by Gasteiger charge is 2.11. The summed E-state index contributed by atoms with van der Waals surface area (Å²) in [6.07, 6.45) is 0.951. The van der Waals surface area contributed by atoms with E-state index in [4.69, 9.17) is 0 Å². The van der Waals surface area contributed by atoms with E-state index in [0.717, 1.165) is 28.0 Å². The largest absolute Gasteiger partial charge is 0.435 e. The van der Waals surface area contributed by atoms with E-state index in [9.17, 15) is 13.2 Å². The molecular formula is C23H17F3O. The number of hydrogen-bond donors (Lipinski definition) is 0. The first-order valence-corrected chi connectivity index (χ1v) is 8.75. The van der Waals surface area contributed by atoms with Crippen LogP contribution in [0.4, 0.5) is 13.2 Å². The lowest BCUT2D eigenvalue weighted by atomic mass is 9.96. The van der Waals surface area contributed by atoms with E-state index in [-0.39, 0.29) is 11.6 Å². The Hall–Kier alpha value is -3.01. The van der Waals surface area contributed by atoms with Crippen LogP contribution in [0.15, 0.2) is 66.7 Å². The molecule has 0 N–H and O–H groups in total. The van der Waals surface area contributed by atoms with Crippen molar-refractivity contribution in [3.8, 4) is 16.9 Å². The molecule has 0 radical (unpaired) electrons. The van der Waals surface area contributed by atoms with Gasteiger partial charge in [0.2, 0.25) is 0 Å². The highest BCUT2D eigenvalue weighted by atomic mass is 19.3. The van der Waals surface area contributed by atoms with Crippen LogP contribution in [0.1, 0.15) is 12.5 Å². The Morgan fingerprint density at radius 2 is 1.52 bits per heavy atom. The van der Waals surface area contributed by atoms with E-state index in [1.54, 1.807) is 24.3 Å². The van der Waals surface area contributed by atoms with E-state index in [1.807, 2.05) is 18.2 Å². The van der Waals surface area contributed by atoms with E-state index in [0.29, 0.717) is 11.1 Å². The third-order valence-electron chi connectivity index (χ3n) is 4.79. The minimum atomic E-state index is -2.88. The highest BCUT2D eigenvalue weighted by Crippen LogP contribution is 2.33. The molecular weight excluding hydrogens is 349 g/mol. The summed E-state index contributed by atoms with van der Waals surface area (Å²) in [5.41, 5.74) is 2.28. The fourth-order valence-electron chi connectivity index (χ4n) is 3.39. The first-order valence-electron chi connectivity index (χ1n) is 8.75. The molecule has 0 amide bonds. The molecule has 0 saturated carbocycles. The van der Waals surface area contributed by atoms with Gasteiger partial charge in [-0.1, -0.05) is 49.4 Å². The SMILES string of the molecule is CCc1ccc2c(ccc3cc(-c4ccc(OC(F)F)cc4)c(F)cc32)c1. The summed E-state index contributed by atoms with van der Waals surface area (Å²) < 4.78 is 43.7. The number of rotatable bonds is 4. The molecule has 0 atom stereocenters. The topological polar surface area (TPSA) is 9.23 Å². The Balaban J connectivity index is 1.81. The summed E-state index contributed by atoms with van der Waals surface area (Å²) in [4.78, 5) is 0. The lowest BCUT2D eigenvalue weighted by molar-refractivity contribution is -0.0498. The summed E-state index contributed by atoms with van der Waals surface area (Å²) in [5.74, 6) is -0.301. The minimum Gasteiger partial charge on any atom is -0.435 e. The molecule has 1 nitrogen and oxygen atoms in total. The van der Waals surface area contributed by atoms with Gasteiger partial charge in [0.05, 0.1) is 0 Å². The van der Waals surface area contributed by atoms with Crippen LogP contribution in [0.25, 0.3) is 32.7 Å². The van der Waals surface area contributed by atoms with Crippen molar-refractivity contribution in [1.29, 1.82) is 0 Å². The summed E-state index contributed by atoms with van der Waals surface area (Å²) in [7, 11) is 0. The van der Waals surface area contributed by atoms with Gasteiger partial charge >= 0.3 is 6.61 Å². The molecule has 0 bridgehead atoms. The van der Waals surface area contributed by atoms with Crippen LogP contribution in [0.3, 0.4) is 0 Å². The van der Waals surface area contributed by atoms with Gasteiger partial charge in [-0.25, -0.2) is 4.39 Å². The first kappa shape index (κ1) is 17.4. The van der Waals surface area contributed by atoms with Gasteiger partial charge in [0, 0.05) is 5.56 Å². The summed E-state index contributed by atoms with van der Waals surface area (Å²) in [6.45, 7) is -0.777. The smallest absolute Gasteiger partial charge is 0.387 e. The Labute approximate surface area is 155 Å². The second kappa shape index (κ2) is 6.95. The lowest BCUT2D eigenvalue weighted by Gasteiger charge is -2.10. The van der Waals surface area contributed by atoms with E-state index >= 15 is 0 Å². The van der Waals surface area contributed by atoms with Crippen molar-refractivity contribution in [2.45, 2.75) is 20.0 Å². The van der Waals surface area contributed by atoms with Crippen molar-refractivity contribution in [3.63, 3.8) is 0 Å². The predicted molar refractivity (Wildman–Crippen MR) is 103 cm³/mol. The number of hydrogen-bond acceptors (Lipinski definition) is 1. The van der Waals surface area contributed by atoms with Gasteiger partial charge in [-0.3, -0.25) is 0 Å². The van der Waals surface area contributed by atoms with Crippen LogP contribution < -0.4 is 4.74 Å². The fraction of sp³-hybridized carbons (Fsp3) is 0.130. The van der Waals surface area contributed by atoms with Gasteiger partial charge in [0.15, 0.2) is 0 Å². The zero-order valence-electron chi connectivity index (χ0n) is 14.7. The normalized spacial score (nSPS) is 11.4. The highest BCUT2D eigenvalue weighted by molar-refractivity contribution is 6.08. The van der Waals surface area contributed by atoms with Crippen molar-refractivity contribution < 1.29 is 17.9 Å². The van der Waals surface area contributed by atoms with Crippen molar-refractivity contribution in [1.82, 2.24) is 0 Å². The Bertz CT molecular complexity index is 1120. The van der Waals surface area contributed by atoms with Crippen molar-refractivity contribution in [3.05, 3.63) is 78.1 Å². The molecule has 136 valence electrons. The predicted octanol–water partition coefficient (Wildman–Crippen LogP) is 6.96. The second-order valence-electron chi connectivity index (χ2n) is 6.43. The fourth-order valence-corrected chi connectivity index (χ4v) is 3.39. The average Bonchev–Trinajstić information content (AvgIpc) is 2.67. The maximum absolute atomic E-state index is 14.8. The van der Waals surface area contributed by atoms with Crippen LogP contribution in [0.5, 0.6) is 5.75 Å². The van der Waals surface area contributed by atoms with Crippen LogP contribution in [0.2, 0.25) is 0 Å². The molecule has 0 heterocycles. The molecule has 0 aliphatic heterocycles. The third-order valence-corrected chi connectivity index (χ3v) is 4.79. The van der Waals surface area contributed by atoms with Crippen LogP contribution in [0, 0.1) is 5.82 Å². The molecule has 4 aromatic carbocycles. The second-order valence-corrected chi connectivity index (χ2v) is 6.43. The minimum absolute atomic E-state index is 0.0488. The number of benzene rings is 4. The Morgan fingerprint density at radius 3 is 2.19 bits per heavy atom. The molecule has 4 rings (SSSR count). The standard InChI is InChI=1S/C23H17F3O/c1-2-14-3-10-19-16(11-14)4-5-17-12-21(22(24)13-20(17)19)15-6-8-18(9-7-15)27-23(25)26/h3-13,23H,2H2,1H3. The molecule has 4 aromatic rings. The number of ether oxygens (including phenoxy) is 1. The van der Waals surface area contributed by atoms with Crippen LogP contribution in [-0.2, 0) is 6.42 Å². The zero-order chi connectivity index (χ0) is 19.0. The maximum Gasteiger partial charge on any atom is 0.387 e. The molecule has 0 aliphatic carbocycles. The summed E-state index contributed by atoms with van der Waals surface area (Å²) in [5, 5.41) is 3.88. The van der Waals surface area contributed by atoms with Crippen LogP contribution >= 0.6 is 0 Å². The molecule has 4 heteroatoms. The average molecular weight is 366 g/mol. The van der Waals surface area contributed by atoms with Crippen molar-refractivity contribution in [2.75, 3.05) is 0 Å². The van der Waals surface area contributed by atoms with Gasteiger partial charge in [-0.15, -0.1) is 0 Å². The molecule has 0 saturated heterocycles. The van der Waals surface area contributed by atoms with Gasteiger partial charge in [0.25, 0.3) is 0 Å². The van der Waals surface area contributed by atoms with Gasteiger partial charge < -0.3 is 4.74 Å². The van der Waals surface area contributed by atoms with Crippen molar-refractivity contribution in [2.24, 2.45) is 0 Å². The summed E-state index contributed by atoms with van der Waals surface area (Å²) in [6, 6.07) is 19.6. The van der Waals surface area contributed by atoms with Gasteiger partial charge in [-0.05, 0) is 63.4 Å². The van der Waals surface area contributed by atoms with Crippen molar-refractivity contribution >= 4 is 21.5 Å². The monoisotopic (exact) mass is 366 g/mol. The van der Waals surface area contributed by atoms with Gasteiger partial charge in [-0.2, -0.15) is 8.78 Å². The number of alkyl halides is 2. The van der Waals surface area contributed by atoms with Crippen LogP contribution in [-0.4, -0.2) is 6.61 Å². The molecule has 0 unspecified atom stereocenters. The van der Waals surface area contributed by atoms with E-state index in [2.05, 4.69) is 23.8 Å². The number of aryl methyl sites for hydroxylation is 1. The molecule has 27 heavy (non-hydrogen) atoms. The molecule has 0 aliphatic rings. The number of halogens is 3. The zero-order valence-corrected chi connectivity index (χ0v) is 14.7. The quantitative estimate of drug-likeness (QED) is 0.355. The molecule has 0 spiro atoms. The lowest BCUT2D eigenvalue weighted by Crippen LogP contribution is -2.01. The Kier molecular flexibility index (Phi) is 4.48. The third kappa shape index (κ3) is 3.35. The summed E-state index contributed by atoms with van der Waals surface area (Å²) >= 11 is 0. The molecule has 0 aromatic heterocycles. The van der Waals surface area contributed by atoms with Gasteiger partial charge in [0.1, 0.15) is 11.6 Å². The first-order chi connectivity index (χ1) is 13.0. The number of fused-ring (bicyclic) bond motifs is 3. The maximum atomic E-state index is 14.8. The van der Waals surface area contributed by atoms with E-state index < -0.39 is 6.61 Å². The molecule has 0 fully saturated rings. The van der Waals surface area contributed by atoms with E-state index in [1.165, 1.54) is 17.7 Å². The Morgan fingerprint density at radius 1 is 0.815 bits per heavy atom.